The van der Waals surface area contributed by atoms with Crippen LogP contribution in [0.5, 0.6) is 0 Å². The Kier molecular flexibility index (Phi) is 8.75. The molecule has 0 bridgehead atoms. The first-order valence-corrected chi connectivity index (χ1v) is 13.2. The topological polar surface area (TPSA) is 47.9 Å². The molecule has 1 aliphatic carbocycles. The number of rotatable bonds is 8. The third kappa shape index (κ3) is 6.06. The molecule has 182 valence electrons. The molecule has 0 aromatic heterocycles. The third-order valence-electron chi connectivity index (χ3n) is 6.77. The summed E-state index contributed by atoms with van der Waals surface area (Å²) in [7, 11) is 0. The maximum atomic E-state index is 13.1. The van der Waals surface area contributed by atoms with E-state index in [1.807, 2.05) is 35.3 Å². The first-order chi connectivity index (χ1) is 16.5. The Morgan fingerprint density at radius 2 is 1.76 bits per heavy atom. The Balaban J connectivity index is 1.47. The van der Waals surface area contributed by atoms with E-state index < -0.39 is 0 Å². The Morgan fingerprint density at radius 3 is 2.44 bits per heavy atom. The van der Waals surface area contributed by atoms with Crippen molar-refractivity contribution in [2.45, 2.75) is 57.5 Å². The third-order valence-corrected chi connectivity index (χ3v) is 7.56. The van der Waals surface area contributed by atoms with Crippen molar-refractivity contribution < 1.29 is 4.79 Å². The maximum absolute atomic E-state index is 13.1. The molecule has 1 unspecified atom stereocenters. The second-order valence-corrected chi connectivity index (χ2v) is 10.2. The number of hydrogen-bond acceptors (Lipinski definition) is 4. The lowest BCUT2D eigenvalue weighted by Crippen LogP contribution is -2.42. The molecule has 0 spiro atoms. The van der Waals surface area contributed by atoms with Crippen molar-refractivity contribution in [2.75, 3.05) is 24.6 Å². The van der Waals surface area contributed by atoms with Gasteiger partial charge < -0.3 is 5.32 Å². The highest BCUT2D eigenvalue weighted by Crippen LogP contribution is 2.39. The lowest BCUT2D eigenvalue weighted by molar-refractivity contribution is -0.115. The summed E-state index contributed by atoms with van der Waals surface area (Å²) in [5, 5.41) is 11.3. The van der Waals surface area contributed by atoms with Crippen LogP contribution in [0.1, 0.15) is 57.1 Å². The van der Waals surface area contributed by atoms with Crippen LogP contribution in [-0.4, -0.2) is 42.2 Å². The summed E-state index contributed by atoms with van der Waals surface area (Å²) in [6, 6.07) is 13.4. The van der Waals surface area contributed by atoms with Gasteiger partial charge in [-0.2, -0.15) is 5.10 Å². The van der Waals surface area contributed by atoms with Crippen LogP contribution in [0.2, 0.25) is 15.1 Å². The first-order valence-electron chi connectivity index (χ1n) is 12.1. The number of carbonyl (C=O) groups is 1. The highest BCUT2D eigenvalue weighted by atomic mass is 35.5. The Bertz CT molecular complexity index is 1020. The standard InChI is InChI=1S/C26H31Cl3N4O/c1-2-32(21-6-4-3-5-7-21)15-14-30-26(34)23-17-25(18-8-10-19(27)11-9-18)33(31-23)24-13-12-20(28)16-22(24)29/h8-13,16,21,25H,2-7,14-15,17H2,1H3,(H,30,34). The highest BCUT2D eigenvalue weighted by molar-refractivity contribution is 6.40. The summed E-state index contributed by atoms with van der Waals surface area (Å²) in [6.07, 6.45) is 6.95. The molecule has 1 saturated carbocycles. The number of hydrogen-bond donors (Lipinski definition) is 1. The van der Waals surface area contributed by atoms with Crippen LogP contribution in [0.3, 0.4) is 0 Å². The molecule has 0 saturated heterocycles. The molecule has 0 radical (unpaired) electrons. The molecule has 5 nitrogen and oxygen atoms in total. The van der Waals surface area contributed by atoms with E-state index in [0.717, 1.165) is 18.7 Å². The van der Waals surface area contributed by atoms with E-state index in [9.17, 15) is 4.79 Å². The number of nitrogens with zero attached hydrogens (tertiary/aromatic N) is 3. The molecule has 4 rings (SSSR count). The molecular formula is C26H31Cl3N4O. The van der Waals surface area contributed by atoms with Crippen molar-refractivity contribution in [3.05, 3.63) is 63.1 Å². The monoisotopic (exact) mass is 520 g/mol. The van der Waals surface area contributed by atoms with E-state index in [2.05, 4.69) is 17.1 Å². The van der Waals surface area contributed by atoms with Gasteiger partial charge in [0, 0.05) is 35.6 Å². The van der Waals surface area contributed by atoms with Crippen LogP contribution < -0.4 is 10.3 Å². The predicted molar refractivity (Wildman–Crippen MR) is 142 cm³/mol. The molecule has 34 heavy (non-hydrogen) atoms. The molecule has 8 heteroatoms. The van der Waals surface area contributed by atoms with Gasteiger partial charge in [0.2, 0.25) is 0 Å². The minimum atomic E-state index is -0.161. The summed E-state index contributed by atoms with van der Waals surface area (Å²) in [4.78, 5) is 15.6. The van der Waals surface area contributed by atoms with E-state index in [4.69, 9.17) is 39.9 Å². The second-order valence-electron chi connectivity index (χ2n) is 8.93. The van der Waals surface area contributed by atoms with E-state index in [0.29, 0.717) is 45.5 Å². The first kappa shape index (κ1) is 25.3. The second kappa shape index (κ2) is 11.8. The Labute approximate surface area is 217 Å². The average molecular weight is 522 g/mol. The van der Waals surface area contributed by atoms with E-state index in [-0.39, 0.29) is 11.9 Å². The van der Waals surface area contributed by atoms with Gasteiger partial charge in [0.25, 0.3) is 5.91 Å². The lowest BCUT2D eigenvalue weighted by atomic mass is 9.94. The minimum absolute atomic E-state index is 0.133. The number of hydrazone groups is 1. The van der Waals surface area contributed by atoms with Crippen LogP contribution in [0.15, 0.2) is 47.6 Å². The van der Waals surface area contributed by atoms with Gasteiger partial charge in [-0.05, 0) is 55.3 Å². The van der Waals surface area contributed by atoms with E-state index in [1.165, 1.54) is 32.1 Å². The SMILES string of the molecule is CCN(CCNC(=O)C1=NN(c2ccc(Cl)cc2Cl)C(c2ccc(Cl)cc2)C1)C1CCCCC1. The fourth-order valence-electron chi connectivity index (χ4n) is 4.94. The van der Waals surface area contributed by atoms with Gasteiger partial charge in [-0.1, -0.05) is 73.1 Å². The fraction of sp³-hybridized carbons (Fsp3) is 0.462. The number of amides is 1. The van der Waals surface area contributed by atoms with Gasteiger partial charge in [-0.25, -0.2) is 0 Å². The van der Waals surface area contributed by atoms with E-state index >= 15 is 0 Å². The molecule has 1 aliphatic heterocycles. The quantitative estimate of drug-likeness (QED) is 0.419. The predicted octanol–water partition coefficient (Wildman–Crippen LogP) is 6.73. The van der Waals surface area contributed by atoms with Gasteiger partial charge >= 0.3 is 0 Å². The molecule has 2 aromatic rings. The Morgan fingerprint density at radius 1 is 1.06 bits per heavy atom. The van der Waals surface area contributed by atoms with Crippen molar-refractivity contribution in [2.24, 2.45) is 5.10 Å². The van der Waals surface area contributed by atoms with E-state index in [1.54, 1.807) is 12.1 Å². The fourth-order valence-corrected chi connectivity index (χ4v) is 5.56. The highest BCUT2D eigenvalue weighted by Gasteiger charge is 2.33. The van der Waals surface area contributed by atoms with Gasteiger partial charge in [-0.3, -0.25) is 14.7 Å². The van der Waals surface area contributed by atoms with Gasteiger partial charge in [-0.15, -0.1) is 0 Å². The molecule has 2 aromatic carbocycles. The number of likely N-dealkylation sites (N-methyl/N-ethyl adjacent to an activating group) is 1. The van der Waals surface area contributed by atoms with Gasteiger partial charge in [0.15, 0.2) is 0 Å². The van der Waals surface area contributed by atoms with Crippen LogP contribution in [0, 0.1) is 0 Å². The zero-order valence-electron chi connectivity index (χ0n) is 19.4. The summed E-state index contributed by atoms with van der Waals surface area (Å²) < 4.78 is 0. The van der Waals surface area contributed by atoms with Crippen molar-refractivity contribution in [1.29, 1.82) is 0 Å². The van der Waals surface area contributed by atoms with Crippen molar-refractivity contribution >= 4 is 52.1 Å². The molecule has 2 aliphatic rings. The van der Waals surface area contributed by atoms with Crippen LogP contribution >= 0.6 is 34.8 Å². The number of anilines is 1. The number of benzene rings is 2. The van der Waals surface area contributed by atoms with Gasteiger partial charge in [0.05, 0.1) is 16.8 Å². The zero-order valence-corrected chi connectivity index (χ0v) is 21.7. The minimum Gasteiger partial charge on any atom is -0.350 e. The summed E-state index contributed by atoms with van der Waals surface area (Å²) in [5.41, 5.74) is 2.21. The Hall–Kier alpha value is -1.79. The largest absolute Gasteiger partial charge is 0.350 e. The van der Waals surface area contributed by atoms with Crippen molar-refractivity contribution in [3.8, 4) is 0 Å². The molecule has 1 atom stereocenters. The number of carbonyl (C=O) groups excluding carboxylic acids is 1. The molecular weight excluding hydrogens is 491 g/mol. The molecule has 1 amide bonds. The number of halogens is 3. The van der Waals surface area contributed by atoms with Crippen LogP contribution in [-0.2, 0) is 4.79 Å². The summed E-state index contributed by atoms with van der Waals surface area (Å²) in [5.74, 6) is -0.133. The van der Waals surface area contributed by atoms with Crippen molar-refractivity contribution in [1.82, 2.24) is 10.2 Å². The zero-order chi connectivity index (χ0) is 24.1. The lowest BCUT2D eigenvalue weighted by Gasteiger charge is -2.33. The molecule has 1 fully saturated rings. The average Bonchev–Trinajstić information content (AvgIpc) is 3.28. The number of nitrogens with one attached hydrogen (secondary N) is 1. The van der Waals surface area contributed by atoms with Gasteiger partial charge in [0.1, 0.15) is 5.71 Å². The van der Waals surface area contributed by atoms with Crippen LogP contribution in [0.25, 0.3) is 0 Å². The smallest absolute Gasteiger partial charge is 0.267 e. The van der Waals surface area contributed by atoms with Crippen molar-refractivity contribution in [3.63, 3.8) is 0 Å². The molecule has 1 heterocycles. The molecule has 1 N–H and O–H groups in total. The summed E-state index contributed by atoms with van der Waals surface area (Å²) >= 11 is 18.7. The maximum Gasteiger partial charge on any atom is 0.267 e. The van der Waals surface area contributed by atoms with Crippen LogP contribution in [0.4, 0.5) is 5.69 Å². The summed E-state index contributed by atoms with van der Waals surface area (Å²) in [6.45, 7) is 4.66. The normalized spacial score (nSPS) is 18.9.